The molecule has 0 bridgehead atoms. The summed E-state index contributed by atoms with van der Waals surface area (Å²) in [4.78, 5) is 4.49. The van der Waals surface area contributed by atoms with Gasteiger partial charge in [0.1, 0.15) is 0 Å². The van der Waals surface area contributed by atoms with Gasteiger partial charge < -0.3 is 0 Å². The minimum atomic E-state index is 0.384. The number of rotatable bonds is 2. The zero-order valence-corrected chi connectivity index (χ0v) is 14.6. The first-order valence-electron chi connectivity index (χ1n) is 8.43. The minimum Gasteiger partial charge on any atom is -0.256 e. The SMILES string of the molecule is Cc1c(-c2n(C(C)C)c3ccccc3[n+]2C)ccc2ncccc12. The zero-order chi connectivity index (χ0) is 16.8. The van der Waals surface area contributed by atoms with E-state index in [4.69, 9.17) is 0 Å². The average molecular weight is 316 g/mol. The Balaban J connectivity index is 2.12. The Kier molecular flexibility index (Phi) is 3.38. The lowest BCUT2D eigenvalue weighted by molar-refractivity contribution is -0.634. The van der Waals surface area contributed by atoms with E-state index in [0.29, 0.717) is 6.04 Å². The third-order valence-corrected chi connectivity index (χ3v) is 4.86. The number of imidazole rings is 1. The van der Waals surface area contributed by atoms with Crippen LogP contribution in [0.5, 0.6) is 0 Å². The van der Waals surface area contributed by atoms with E-state index < -0.39 is 0 Å². The molecule has 0 aliphatic heterocycles. The monoisotopic (exact) mass is 316 g/mol. The van der Waals surface area contributed by atoms with Gasteiger partial charge in [0.15, 0.2) is 11.0 Å². The summed E-state index contributed by atoms with van der Waals surface area (Å²) >= 11 is 0. The van der Waals surface area contributed by atoms with Gasteiger partial charge in [-0.1, -0.05) is 18.2 Å². The molecule has 4 rings (SSSR count). The molecule has 0 saturated heterocycles. The van der Waals surface area contributed by atoms with Crippen LogP contribution in [0.2, 0.25) is 0 Å². The quantitative estimate of drug-likeness (QED) is 0.496. The van der Waals surface area contributed by atoms with Gasteiger partial charge in [-0.15, -0.1) is 0 Å². The minimum absolute atomic E-state index is 0.384. The molecule has 0 aliphatic carbocycles. The number of pyridine rings is 1. The van der Waals surface area contributed by atoms with Crippen LogP contribution in [0.15, 0.2) is 54.7 Å². The van der Waals surface area contributed by atoms with Crippen LogP contribution in [0, 0.1) is 6.92 Å². The molecule has 4 aromatic rings. The Hall–Kier alpha value is -2.68. The third kappa shape index (κ3) is 2.04. The smallest absolute Gasteiger partial charge is 0.256 e. The largest absolute Gasteiger partial charge is 0.290 e. The van der Waals surface area contributed by atoms with Crippen LogP contribution in [0.4, 0.5) is 0 Å². The van der Waals surface area contributed by atoms with Crippen LogP contribution < -0.4 is 4.57 Å². The fourth-order valence-electron chi connectivity index (χ4n) is 3.72. The number of nitrogens with zero attached hydrogens (tertiary/aromatic N) is 3. The zero-order valence-electron chi connectivity index (χ0n) is 14.6. The second-order valence-corrected chi connectivity index (χ2v) is 6.64. The Morgan fingerprint density at radius 3 is 2.58 bits per heavy atom. The van der Waals surface area contributed by atoms with Gasteiger partial charge in [0, 0.05) is 11.6 Å². The van der Waals surface area contributed by atoms with Crippen molar-refractivity contribution in [1.29, 1.82) is 0 Å². The Morgan fingerprint density at radius 1 is 1.00 bits per heavy atom. The summed E-state index contributed by atoms with van der Waals surface area (Å²) in [6.07, 6.45) is 1.85. The number of hydrogen-bond donors (Lipinski definition) is 0. The molecule has 3 heteroatoms. The van der Waals surface area contributed by atoms with E-state index in [0.717, 1.165) is 5.52 Å². The van der Waals surface area contributed by atoms with E-state index in [2.05, 4.69) is 84.4 Å². The lowest BCUT2D eigenvalue weighted by Crippen LogP contribution is -2.30. The summed E-state index contributed by atoms with van der Waals surface area (Å²) in [6, 6.07) is 17.5. The molecular weight excluding hydrogens is 294 g/mol. The summed E-state index contributed by atoms with van der Waals surface area (Å²) in [6.45, 7) is 6.68. The number of aryl methyl sites for hydroxylation is 2. The molecule has 0 fully saturated rings. The van der Waals surface area contributed by atoms with Crippen molar-refractivity contribution < 1.29 is 4.57 Å². The highest BCUT2D eigenvalue weighted by atomic mass is 15.2. The van der Waals surface area contributed by atoms with Gasteiger partial charge in [-0.05, 0) is 56.7 Å². The lowest BCUT2D eigenvalue weighted by Gasteiger charge is -2.10. The molecule has 0 radical (unpaired) electrons. The first-order chi connectivity index (χ1) is 11.6. The Labute approximate surface area is 142 Å². The van der Waals surface area contributed by atoms with E-state index in [1.165, 1.54) is 33.4 Å². The highest BCUT2D eigenvalue weighted by molar-refractivity contribution is 5.88. The first kappa shape index (κ1) is 14.9. The number of aromatic nitrogens is 3. The van der Waals surface area contributed by atoms with Crippen molar-refractivity contribution in [2.24, 2.45) is 7.05 Å². The number of para-hydroxylation sites is 2. The summed E-state index contributed by atoms with van der Waals surface area (Å²) < 4.78 is 4.74. The summed E-state index contributed by atoms with van der Waals surface area (Å²) in [5.74, 6) is 1.24. The fraction of sp³-hybridized carbons (Fsp3) is 0.238. The van der Waals surface area contributed by atoms with Crippen LogP contribution in [0.25, 0.3) is 33.3 Å². The van der Waals surface area contributed by atoms with Gasteiger partial charge >= 0.3 is 0 Å². The molecule has 0 amide bonds. The third-order valence-electron chi connectivity index (χ3n) is 4.86. The highest BCUT2D eigenvalue weighted by Gasteiger charge is 2.27. The standard InChI is InChI=1S/C21H22N3/c1-14(2)24-20-10-6-5-9-19(20)23(4)21(24)17-11-12-18-16(15(17)3)8-7-13-22-18/h5-14H,1-4H3/q+1. The van der Waals surface area contributed by atoms with E-state index in [1.807, 2.05) is 12.3 Å². The first-order valence-corrected chi connectivity index (χ1v) is 8.43. The van der Waals surface area contributed by atoms with Gasteiger partial charge in [0.2, 0.25) is 0 Å². The van der Waals surface area contributed by atoms with Crippen molar-refractivity contribution in [1.82, 2.24) is 9.55 Å². The van der Waals surface area contributed by atoms with Gasteiger partial charge in [0.05, 0.1) is 24.2 Å². The maximum absolute atomic E-state index is 4.49. The maximum atomic E-state index is 4.49. The van der Waals surface area contributed by atoms with Gasteiger partial charge in [-0.2, -0.15) is 0 Å². The molecule has 2 aromatic carbocycles. The molecule has 2 aromatic heterocycles. The van der Waals surface area contributed by atoms with E-state index in [9.17, 15) is 0 Å². The normalized spacial score (nSPS) is 11.7. The fourth-order valence-corrected chi connectivity index (χ4v) is 3.72. The maximum Gasteiger partial charge on any atom is 0.290 e. The predicted octanol–water partition coefficient (Wildman–Crippen LogP) is 4.57. The van der Waals surface area contributed by atoms with Crippen LogP contribution in [0.1, 0.15) is 25.5 Å². The van der Waals surface area contributed by atoms with Crippen molar-refractivity contribution in [2.45, 2.75) is 26.8 Å². The summed E-state index contributed by atoms with van der Waals surface area (Å²) in [7, 11) is 2.16. The second-order valence-electron chi connectivity index (χ2n) is 6.64. The lowest BCUT2D eigenvalue weighted by atomic mass is 10.0. The van der Waals surface area contributed by atoms with Crippen molar-refractivity contribution in [2.75, 3.05) is 0 Å². The van der Waals surface area contributed by atoms with Crippen molar-refractivity contribution in [3.05, 3.63) is 60.3 Å². The van der Waals surface area contributed by atoms with Crippen LogP contribution in [0.3, 0.4) is 0 Å². The molecule has 2 heterocycles. The Bertz CT molecular complexity index is 1060. The predicted molar refractivity (Wildman–Crippen MR) is 99.0 cm³/mol. The van der Waals surface area contributed by atoms with Gasteiger partial charge in [0.25, 0.3) is 5.82 Å². The van der Waals surface area contributed by atoms with E-state index in [1.54, 1.807) is 0 Å². The molecule has 0 unspecified atom stereocenters. The van der Waals surface area contributed by atoms with Crippen molar-refractivity contribution >= 4 is 21.9 Å². The average Bonchev–Trinajstić information content (AvgIpc) is 2.89. The van der Waals surface area contributed by atoms with Crippen molar-refractivity contribution in [3.63, 3.8) is 0 Å². The van der Waals surface area contributed by atoms with E-state index >= 15 is 0 Å². The second kappa shape index (κ2) is 5.45. The summed E-state index contributed by atoms with van der Waals surface area (Å²) in [5, 5.41) is 1.22. The van der Waals surface area contributed by atoms with Crippen molar-refractivity contribution in [3.8, 4) is 11.4 Å². The van der Waals surface area contributed by atoms with Crippen LogP contribution in [-0.4, -0.2) is 9.55 Å². The van der Waals surface area contributed by atoms with E-state index in [-0.39, 0.29) is 0 Å². The molecule has 120 valence electrons. The van der Waals surface area contributed by atoms with Crippen LogP contribution in [-0.2, 0) is 7.05 Å². The molecule has 24 heavy (non-hydrogen) atoms. The number of hydrogen-bond acceptors (Lipinski definition) is 1. The molecule has 0 spiro atoms. The molecule has 0 N–H and O–H groups in total. The molecule has 3 nitrogen and oxygen atoms in total. The highest BCUT2D eigenvalue weighted by Crippen LogP contribution is 2.31. The van der Waals surface area contributed by atoms with Crippen LogP contribution >= 0.6 is 0 Å². The number of benzene rings is 2. The van der Waals surface area contributed by atoms with Gasteiger partial charge in [-0.25, -0.2) is 9.13 Å². The molecule has 0 saturated carbocycles. The molecular formula is C21H22N3+. The summed E-state index contributed by atoms with van der Waals surface area (Å²) in [5.41, 5.74) is 6.12. The topological polar surface area (TPSA) is 21.7 Å². The number of fused-ring (bicyclic) bond motifs is 2. The van der Waals surface area contributed by atoms with Gasteiger partial charge in [-0.3, -0.25) is 4.98 Å². The Morgan fingerprint density at radius 2 is 1.79 bits per heavy atom. The molecule has 0 atom stereocenters. The molecule has 0 aliphatic rings.